The normalized spacial score (nSPS) is 12.0. The topological polar surface area (TPSA) is 108 Å². The lowest BCUT2D eigenvalue weighted by Crippen LogP contribution is -2.23. The minimum Gasteiger partial charge on any atom is -0.479 e. The molecule has 4 rings (SSSR count). The fraction of sp³-hybridized carbons (Fsp3) is 0.217. The minimum absolute atomic E-state index is 0.00206. The number of carboxylic acid groups (broad SMARTS) is 1. The number of halogens is 1. The van der Waals surface area contributed by atoms with E-state index in [1.54, 1.807) is 31.2 Å². The molecule has 8 nitrogen and oxygen atoms in total. The zero-order valence-corrected chi connectivity index (χ0v) is 17.8. The Kier molecular flexibility index (Phi) is 5.48. The van der Waals surface area contributed by atoms with E-state index in [0.717, 1.165) is 11.1 Å². The van der Waals surface area contributed by atoms with Crippen molar-refractivity contribution in [3.63, 3.8) is 0 Å². The van der Waals surface area contributed by atoms with Gasteiger partial charge in [-0.3, -0.25) is 0 Å². The fourth-order valence-corrected chi connectivity index (χ4v) is 3.12. The SMILES string of the molecule is Cc1ccc(Oc2ncc3nc(-c4cc(C)c(OC(C)C(=O)O)c(C)c4)oc3n2)cc1F. The van der Waals surface area contributed by atoms with Crippen molar-refractivity contribution < 1.29 is 28.2 Å². The van der Waals surface area contributed by atoms with Gasteiger partial charge in [-0.05, 0) is 62.6 Å². The molecule has 9 heteroatoms. The summed E-state index contributed by atoms with van der Waals surface area (Å²) < 4.78 is 30.6. The van der Waals surface area contributed by atoms with Crippen molar-refractivity contribution in [1.82, 2.24) is 15.0 Å². The molecule has 2 aromatic heterocycles. The van der Waals surface area contributed by atoms with Gasteiger partial charge in [-0.25, -0.2) is 19.2 Å². The molecule has 4 aromatic rings. The Labute approximate surface area is 182 Å². The molecule has 1 unspecified atom stereocenters. The lowest BCUT2D eigenvalue weighted by atomic mass is 10.1. The van der Waals surface area contributed by atoms with Crippen molar-refractivity contribution in [2.45, 2.75) is 33.8 Å². The summed E-state index contributed by atoms with van der Waals surface area (Å²) in [5.41, 5.74) is 3.31. The van der Waals surface area contributed by atoms with Crippen LogP contribution in [0.15, 0.2) is 40.9 Å². The van der Waals surface area contributed by atoms with Crippen LogP contribution in [0.5, 0.6) is 17.5 Å². The zero-order chi connectivity index (χ0) is 23.0. The van der Waals surface area contributed by atoms with Gasteiger partial charge in [-0.1, -0.05) is 6.07 Å². The van der Waals surface area contributed by atoms with Crippen LogP contribution in [-0.2, 0) is 4.79 Å². The molecule has 0 amide bonds. The number of aliphatic carboxylic acids is 1. The summed E-state index contributed by atoms with van der Waals surface area (Å²) in [5, 5.41) is 9.09. The monoisotopic (exact) mass is 437 g/mol. The van der Waals surface area contributed by atoms with Crippen molar-refractivity contribution in [3.8, 4) is 29.0 Å². The summed E-state index contributed by atoms with van der Waals surface area (Å²) >= 11 is 0. The fourth-order valence-electron chi connectivity index (χ4n) is 3.12. The van der Waals surface area contributed by atoms with E-state index in [2.05, 4.69) is 15.0 Å². The molecule has 0 fully saturated rings. The number of hydrogen-bond acceptors (Lipinski definition) is 7. The molecule has 0 bridgehead atoms. The third-order valence-electron chi connectivity index (χ3n) is 4.83. The molecular formula is C23H20FN3O5. The van der Waals surface area contributed by atoms with Crippen molar-refractivity contribution in [2.75, 3.05) is 0 Å². The number of rotatable bonds is 6. The van der Waals surface area contributed by atoms with Crippen LogP contribution in [-0.4, -0.2) is 32.1 Å². The Morgan fingerprint density at radius 3 is 2.47 bits per heavy atom. The molecule has 0 aliphatic carbocycles. The summed E-state index contributed by atoms with van der Waals surface area (Å²) in [5.74, 6) is -0.347. The van der Waals surface area contributed by atoms with Gasteiger partial charge in [0.2, 0.25) is 5.89 Å². The lowest BCUT2D eigenvalue weighted by Gasteiger charge is -2.16. The number of carbonyl (C=O) groups is 1. The van der Waals surface area contributed by atoms with Gasteiger partial charge in [0, 0.05) is 11.6 Å². The number of carboxylic acids is 1. The van der Waals surface area contributed by atoms with Crippen molar-refractivity contribution >= 4 is 17.2 Å². The molecule has 0 saturated carbocycles. The first-order chi connectivity index (χ1) is 15.2. The Morgan fingerprint density at radius 1 is 1.09 bits per heavy atom. The molecule has 164 valence electrons. The highest BCUT2D eigenvalue weighted by Crippen LogP contribution is 2.32. The van der Waals surface area contributed by atoms with Crippen LogP contribution in [0.4, 0.5) is 4.39 Å². The molecular weight excluding hydrogens is 417 g/mol. The molecule has 2 heterocycles. The number of hydrogen-bond donors (Lipinski definition) is 1. The molecule has 0 spiro atoms. The van der Waals surface area contributed by atoms with Crippen molar-refractivity contribution in [1.29, 1.82) is 0 Å². The van der Waals surface area contributed by atoms with Crippen LogP contribution in [0.2, 0.25) is 0 Å². The standard InChI is InChI=1S/C23H20FN3O5/c1-11-5-6-16(9-17(11)24)31-23-25-10-18-21(27-23)32-20(26-18)15-7-12(2)19(13(3)8-15)30-14(4)22(28)29/h5-10,14H,1-4H3,(H,28,29). The van der Waals surface area contributed by atoms with Crippen LogP contribution in [0.1, 0.15) is 23.6 Å². The van der Waals surface area contributed by atoms with Gasteiger partial charge >= 0.3 is 12.0 Å². The predicted molar refractivity (Wildman–Crippen MR) is 113 cm³/mol. The van der Waals surface area contributed by atoms with Crippen molar-refractivity contribution in [3.05, 3.63) is 59.0 Å². The van der Waals surface area contributed by atoms with Crippen LogP contribution in [0, 0.1) is 26.6 Å². The van der Waals surface area contributed by atoms with Crippen molar-refractivity contribution in [2.24, 2.45) is 0 Å². The van der Waals surface area contributed by atoms with Crippen LogP contribution >= 0.6 is 0 Å². The largest absolute Gasteiger partial charge is 0.479 e. The smallest absolute Gasteiger partial charge is 0.344 e. The van der Waals surface area contributed by atoms with Gasteiger partial charge in [0.15, 0.2) is 6.10 Å². The first-order valence-corrected chi connectivity index (χ1v) is 9.80. The highest BCUT2D eigenvalue weighted by atomic mass is 19.1. The van der Waals surface area contributed by atoms with E-state index in [1.165, 1.54) is 19.2 Å². The van der Waals surface area contributed by atoms with E-state index in [0.29, 0.717) is 28.3 Å². The summed E-state index contributed by atoms with van der Waals surface area (Å²) in [6, 6.07) is 8.07. The van der Waals surface area contributed by atoms with E-state index in [1.807, 2.05) is 13.8 Å². The maximum Gasteiger partial charge on any atom is 0.344 e. The number of nitrogens with zero attached hydrogens (tertiary/aromatic N) is 3. The first-order valence-electron chi connectivity index (χ1n) is 9.80. The lowest BCUT2D eigenvalue weighted by molar-refractivity contribution is -0.144. The number of ether oxygens (including phenoxy) is 2. The third-order valence-corrected chi connectivity index (χ3v) is 4.83. The van der Waals surface area contributed by atoms with Crippen LogP contribution in [0.25, 0.3) is 22.7 Å². The second-order valence-corrected chi connectivity index (χ2v) is 7.41. The predicted octanol–water partition coefficient (Wildman–Crippen LogP) is 4.99. The van der Waals surface area contributed by atoms with Gasteiger partial charge < -0.3 is 19.0 Å². The molecule has 1 N–H and O–H groups in total. The second-order valence-electron chi connectivity index (χ2n) is 7.41. The van der Waals surface area contributed by atoms with E-state index >= 15 is 0 Å². The summed E-state index contributed by atoms with van der Waals surface area (Å²) in [6.45, 7) is 6.76. The van der Waals surface area contributed by atoms with Crippen LogP contribution < -0.4 is 9.47 Å². The molecule has 0 radical (unpaired) electrons. The number of oxazole rings is 1. The zero-order valence-electron chi connectivity index (χ0n) is 17.8. The first kappa shape index (κ1) is 21.2. The molecule has 32 heavy (non-hydrogen) atoms. The molecule has 1 atom stereocenters. The summed E-state index contributed by atoms with van der Waals surface area (Å²) in [4.78, 5) is 23.8. The second kappa shape index (κ2) is 8.26. The Hall–Kier alpha value is -4.01. The summed E-state index contributed by atoms with van der Waals surface area (Å²) in [7, 11) is 0. The third kappa shape index (κ3) is 4.22. The van der Waals surface area contributed by atoms with E-state index < -0.39 is 12.1 Å². The average Bonchev–Trinajstić information content (AvgIpc) is 3.16. The van der Waals surface area contributed by atoms with Gasteiger partial charge in [-0.2, -0.15) is 4.98 Å². The minimum atomic E-state index is -1.04. The number of aryl methyl sites for hydroxylation is 3. The Balaban J connectivity index is 1.62. The highest BCUT2D eigenvalue weighted by Gasteiger charge is 2.18. The molecule has 0 aliphatic rings. The number of benzene rings is 2. The molecule has 2 aromatic carbocycles. The highest BCUT2D eigenvalue weighted by molar-refractivity contribution is 5.74. The maximum absolute atomic E-state index is 13.7. The Morgan fingerprint density at radius 2 is 1.81 bits per heavy atom. The van der Waals surface area contributed by atoms with Gasteiger partial charge in [0.25, 0.3) is 5.71 Å². The summed E-state index contributed by atoms with van der Waals surface area (Å²) in [6.07, 6.45) is 0.485. The van der Waals surface area contributed by atoms with Crippen LogP contribution in [0.3, 0.4) is 0 Å². The van der Waals surface area contributed by atoms with E-state index in [9.17, 15) is 9.18 Å². The van der Waals surface area contributed by atoms with Gasteiger partial charge in [0.1, 0.15) is 22.8 Å². The van der Waals surface area contributed by atoms with Gasteiger partial charge in [0.05, 0.1) is 6.20 Å². The molecule has 0 aliphatic heterocycles. The number of aromatic nitrogens is 3. The number of fused-ring (bicyclic) bond motifs is 1. The van der Waals surface area contributed by atoms with Gasteiger partial charge in [-0.15, -0.1) is 0 Å². The van der Waals surface area contributed by atoms with E-state index in [-0.39, 0.29) is 23.3 Å². The maximum atomic E-state index is 13.7. The van der Waals surface area contributed by atoms with E-state index in [4.69, 9.17) is 19.0 Å². The molecule has 0 saturated heterocycles. The average molecular weight is 437 g/mol. The Bertz CT molecular complexity index is 1310. The quantitative estimate of drug-likeness (QED) is 0.449.